The van der Waals surface area contributed by atoms with Crippen molar-refractivity contribution in [1.82, 2.24) is 10.4 Å². The molecule has 17 heavy (non-hydrogen) atoms. The van der Waals surface area contributed by atoms with Gasteiger partial charge in [-0.05, 0) is 18.2 Å². The third-order valence-corrected chi connectivity index (χ3v) is 2.31. The van der Waals surface area contributed by atoms with Crippen molar-refractivity contribution in [3.8, 4) is 11.5 Å². The minimum Gasteiger partial charge on any atom is -0.503 e. The van der Waals surface area contributed by atoms with Crippen molar-refractivity contribution in [2.24, 2.45) is 5.84 Å². The van der Waals surface area contributed by atoms with Gasteiger partial charge in [0.2, 0.25) is 0 Å². The van der Waals surface area contributed by atoms with Gasteiger partial charge in [-0.15, -0.1) is 0 Å². The lowest BCUT2D eigenvalue weighted by Gasteiger charge is -2.08. The van der Waals surface area contributed by atoms with E-state index in [-0.39, 0.29) is 11.5 Å². The van der Waals surface area contributed by atoms with E-state index in [4.69, 9.17) is 22.2 Å². The van der Waals surface area contributed by atoms with Gasteiger partial charge in [-0.1, -0.05) is 11.6 Å². The molecule has 0 aliphatic carbocycles. The van der Waals surface area contributed by atoms with E-state index in [1.165, 1.54) is 12.3 Å². The molecule has 0 unspecified atom stereocenters. The van der Waals surface area contributed by atoms with Crippen LogP contribution in [0, 0.1) is 0 Å². The molecule has 0 aliphatic rings. The molecule has 0 bridgehead atoms. The predicted molar refractivity (Wildman–Crippen MR) is 61.8 cm³/mol. The first-order valence-electron chi connectivity index (χ1n) is 4.57. The summed E-state index contributed by atoms with van der Waals surface area (Å²) in [7, 11) is 0. The van der Waals surface area contributed by atoms with Crippen molar-refractivity contribution in [1.29, 1.82) is 0 Å². The van der Waals surface area contributed by atoms with Gasteiger partial charge in [-0.2, -0.15) is 0 Å². The maximum absolute atomic E-state index is 11.0. The molecule has 0 radical (unpaired) electrons. The molecule has 1 heterocycles. The summed E-state index contributed by atoms with van der Waals surface area (Å²) in [6.07, 6.45) is 0.280. The lowest BCUT2D eigenvalue weighted by Crippen LogP contribution is -2.32. The third-order valence-electron chi connectivity index (χ3n) is 2.07. The van der Waals surface area contributed by atoms with Gasteiger partial charge in [0.05, 0.1) is 11.7 Å². The lowest BCUT2D eigenvalue weighted by molar-refractivity contribution is 0.199. The Kier molecular flexibility index (Phi) is 2.99. The minimum atomic E-state index is -0.896. The lowest BCUT2D eigenvalue weighted by atomic mass is 10.2. The Labute approximate surface area is 101 Å². The molecule has 88 valence electrons. The monoisotopic (exact) mass is 253 g/mol. The number of nitrogens with one attached hydrogen (secondary N) is 1. The van der Waals surface area contributed by atoms with E-state index in [2.05, 4.69) is 4.98 Å². The molecule has 0 spiro atoms. The van der Waals surface area contributed by atoms with Gasteiger partial charge in [0.15, 0.2) is 11.5 Å². The molecule has 2 rings (SSSR count). The summed E-state index contributed by atoms with van der Waals surface area (Å²) in [6.45, 7) is 0. The minimum absolute atomic E-state index is 0.0412. The van der Waals surface area contributed by atoms with Gasteiger partial charge >= 0.3 is 6.09 Å². The van der Waals surface area contributed by atoms with Crippen LogP contribution >= 0.6 is 11.6 Å². The fourth-order valence-corrected chi connectivity index (χ4v) is 1.53. The first-order valence-corrected chi connectivity index (χ1v) is 4.95. The van der Waals surface area contributed by atoms with Crippen LogP contribution in [-0.2, 0) is 0 Å². The SMILES string of the molecule is NNC(=O)Oc1c(O)cnc2ccc(Cl)cc12. The zero-order valence-corrected chi connectivity index (χ0v) is 9.23. The Bertz CT molecular complexity index is 583. The first-order chi connectivity index (χ1) is 8.11. The summed E-state index contributed by atoms with van der Waals surface area (Å²) in [5, 5.41) is 10.4. The molecule has 2 aromatic rings. The number of hydrazine groups is 1. The van der Waals surface area contributed by atoms with Crippen molar-refractivity contribution < 1.29 is 14.6 Å². The standard InChI is InChI=1S/C10H8ClN3O3/c11-5-1-2-7-6(3-5)9(8(15)4-13-7)17-10(16)14-12/h1-4,15H,12H2,(H,14,16). The molecular weight excluding hydrogens is 246 g/mol. The zero-order chi connectivity index (χ0) is 12.4. The molecule has 0 aliphatic heterocycles. The van der Waals surface area contributed by atoms with Crippen molar-refractivity contribution in [3.63, 3.8) is 0 Å². The predicted octanol–water partition coefficient (Wildman–Crippen LogP) is 1.56. The van der Waals surface area contributed by atoms with E-state index < -0.39 is 6.09 Å². The van der Waals surface area contributed by atoms with Crippen LogP contribution in [-0.4, -0.2) is 16.2 Å². The zero-order valence-electron chi connectivity index (χ0n) is 8.48. The van der Waals surface area contributed by atoms with E-state index in [0.717, 1.165) is 0 Å². The average Bonchev–Trinajstić information content (AvgIpc) is 2.32. The number of ether oxygens (including phenoxy) is 1. The number of carbonyl (C=O) groups excluding carboxylic acids is 1. The highest BCUT2D eigenvalue weighted by molar-refractivity contribution is 6.31. The number of halogens is 1. The van der Waals surface area contributed by atoms with Gasteiger partial charge in [0.25, 0.3) is 0 Å². The molecular formula is C10H8ClN3O3. The Morgan fingerprint density at radius 1 is 1.53 bits per heavy atom. The number of hydrogen-bond acceptors (Lipinski definition) is 5. The Morgan fingerprint density at radius 2 is 2.29 bits per heavy atom. The second-order valence-electron chi connectivity index (χ2n) is 3.17. The summed E-state index contributed by atoms with van der Waals surface area (Å²) >= 11 is 5.82. The van der Waals surface area contributed by atoms with E-state index in [1.807, 2.05) is 0 Å². The molecule has 0 atom stereocenters. The normalized spacial score (nSPS) is 10.2. The van der Waals surface area contributed by atoms with Crippen LogP contribution in [0.1, 0.15) is 0 Å². The van der Waals surface area contributed by atoms with Crippen LogP contribution < -0.4 is 16.0 Å². The van der Waals surface area contributed by atoms with Crippen molar-refractivity contribution in [2.75, 3.05) is 0 Å². The number of benzene rings is 1. The van der Waals surface area contributed by atoms with Crippen LogP contribution in [0.4, 0.5) is 4.79 Å². The maximum Gasteiger partial charge on any atom is 0.427 e. The number of amides is 1. The van der Waals surface area contributed by atoms with Crippen LogP contribution in [0.15, 0.2) is 24.4 Å². The smallest absolute Gasteiger partial charge is 0.427 e. The summed E-state index contributed by atoms with van der Waals surface area (Å²) in [5.41, 5.74) is 2.33. The number of fused-ring (bicyclic) bond motifs is 1. The Balaban J connectivity index is 2.61. The number of hydrogen-bond donors (Lipinski definition) is 3. The first kappa shape index (κ1) is 11.4. The quantitative estimate of drug-likeness (QED) is 0.407. The van der Waals surface area contributed by atoms with Gasteiger partial charge < -0.3 is 9.84 Å². The van der Waals surface area contributed by atoms with E-state index in [0.29, 0.717) is 15.9 Å². The average molecular weight is 254 g/mol. The third kappa shape index (κ3) is 2.22. The molecule has 1 amide bonds. The molecule has 1 aromatic carbocycles. The van der Waals surface area contributed by atoms with E-state index in [9.17, 15) is 9.90 Å². The molecule has 0 saturated carbocycles. The van der Waals surface area contributed by atoms with Gasteiger partial charge in [-0.25, -0.2) is 10.6 Å². The summed E-state index contributed by atoms with van der Waals surface area (Å²) < 4.78 is 4.84. The molecule has 4 N–H and O–H groups in total. The Morgan fingerprint density at radius 3 is 3.00 bits per heavy atom. The second kappa shape index (κ2) is 4.44. The molecule has 0 saturated heterocycles. The fraction of sp³-hybridized carbons (Fsp3) is 0. The number of pyridine rings is 1. The van der Waals surface area contributed by atoms with Gasteiger partial charge in [-0.3, -0.25) is 10.4 Å². The topological polar surface area (TPSA) is 97.5 Å². The van der Waals surface area contributed by atoms with E-state index in [1.54, 1.807) is 17.6 Å². The molecule has 7 heteroatoms. The summed E-state index contributed by atoms with van der Waals surface area (Å²) in [6, 6.07) is 4.81. The largest absolute Gasteiger partial charge is 0.503 e. The van der Waals surface area contributed by atoms with Crippen molar-refractivity contribution >= 4 is 28.6 Å². The van der Waals surface area contributed by atoms with Crippen LogP contribution in [0.25, 0.3) is 10.9 Å². The second-order valence-corrected chi connectivity index (χ2v) is 3.60. The number of carbonyl (C=O) groups is 1. The number of nitrogens with two attached hydrogens (primary N) is 1. The van der Waals surface area contributed by atoms with Crippen molar-refractivity contribution in [2.45, 2.75) is 0 Å². The number of nitrogens with zero attached hydrogens (tertiary/aromatic N) is 1. The fourth-order valence-electron chi connectivity index (χ4n) is 1.36. The highest BCUT2D eigenvalue weighted by Gasteiger charge is 2.13. The van der Waals surface area contributed by atoms with Gasteiger partial charge in [0.1, 0.15) is 0 Å². The van der Waals surface area contributed by atoms with Crippen LogP contribution in [0.3, 0.4) is 0 Å². The highest BCUT2D eigenvalue weighted by atomic mass is 35.5. The van der Waals surface area contributed by atoms with E-state index >= 15 is 0 Å². The Hall–Kier alpha value is -2.05. The molecule has 6 nitrogen and oxygen atoms in total. The highest BCUT2D eigenvalue weighted by Crippen LogP contribution is 2.34. The van der Waals surface area contributed by atoms with Crippen LogP contribution in [0.5, 0.6) is 11.5 Å². The van der Waals surface area contributed by atoms with Crippen molar-refractivity contribution in [3.05, 3.63) is 29.4 Å². The molecule has 0 fully saturated rings. The van der Waals surface area contributed by atoms with Crippen LogP contribution in [0.2, 0.25) is 5.02 Å². The summed E-state index contributed by atoms with van der Waals surface area (Å²) in [4.78, 5) is 15.0. The molecule has 1 aromatic heterocycles. The number of rotatable bonds is 1. The van der Waals surface area contributed by atoms with Gasteiger partial charge in [0, 0.05) is 10.4 Å². The number of aromatic nitrogens is 1. The summed E-state index contributed by atoms with van der Waals surface area (Å²) in [5.74, 6) is 4.58. The maximum atomic E-state index is 11.0. The number of aromatic hydroxyl groups is 1.